The van der Waals surface area contributed by atoms with E-state index in [1.165, 1.54) is 24.0 Å². The van der Waals surface area contributed by atoms with Gasteiger partial charge < -0.3 is 16.4 Å². The Hall–Kier alpha value is -3.75. The lowest BCUT2D eigenvalue weighted by molar-refractivity contribution is -0.115. The second kappa shape index (κ2) is 16.8. The summed E-state index contributed by atoms with van der Waals surface area (Å²) in [6, 6.07) is 22.0. The van der Waals surface area contributed by atoms with Crippen LogP contribution in [0.15, 0.2) is 96.3 Å². The van der Waals surface area contributed by atoms with E-state index in [0.29, 0.717) is 18.7 Å². The number of pyridine rings is 1. The maximum Gasteiger partial charge on any atom is 0.416 e. The maximum absolute atomic E-state index is 13.1. The third kappa shape index (κ3) is 11.5. The highest BCUT2D eigenvalue weighted by atomic mass is 19.4. The lowest BCUT2D eigenvalue weighted by Gasteiger charge is -2.19. The zero-order chi connectivity index (χ0) is 31.2. The summed E-state index contributed by atoms with van der Waals surface area (Å²) < 4.78 is 39.3. The van der Waals surface area contributed by atoms with Crippen molar-refractivity contribution >= 4 is 11.5 Å². The summed E-state index contributed by atoms with van der Waals surface area (Å²) >= 11 is 0. The highest BCUT2D eigenvalue weighted by Gasteiger charge is 2.32. The molecule has 4 rings (SSSR count). The van der Waals surface area contributed by atoms with Gasteiger partial charge in [0.2, 0.25) is 0 Å². The lowest BCUT2D eigenvalue weighted by atomic mass is 10.0. The fraction of sp³-hybridized carbons (Fsp3) is 0.371. The fourth-order valence-electron chi connectivity index (χ4n) is 4.51. The predicted molar refractivity (Wildman–Crippen MR) is 168 cm³/mol. The number of nitrogens with one attached hydrogen (secondary N) is 2. The lowest BCUT2D eigenvalue weighted by Crippen LogP contribution is -2.25. The molecule has 1 saturated carbocycles. The van der Waals surface area contributed by atoms with Gasteiger partial charge in [0.1, 0.15) is 0 Å². The Kier molecular flexibility index (Phi) is 13.2. The van der Waals surface area contributed by atoms with Crippen molar-refractivity contribution in [2.45, 2.75) is 71.6 Å². The van der Waals surface area contributed by atoms with Crippen molar-refractivity contribution < 1.29 is 18.0 Å². The first-order chi connectivity index (χ1) is 20.6. The molecule has 43 heavy (non-hydrogen) atoms. The summed E-state index contributed by atoms with van der Waals surface area (Å²) in [6.45, 7) is 6.96. The molecule has 3 aromatic rings. The summed E-state index contributed by atoms with van der Waals surface area (Å²) in [4.78, 5) is 16.7. The number of hydrogen-bond acceptors (Lipinski definition) is 5. The highest BCUT2D eigenvalue weighted by Crippen LogP contribution is 2.30. The quantitative estimate of drug-likeness (QED) is 0.138. The number of Topliss-reactive ketones (excluding diaryl/α,β-unsaturated/α-hetero) is 1. The van der Waals surface area contributed by atoms with E-state index in [4.69, 9.17) is 5.73 Å². The molecule has 1 aromatic heterocycles. The van der Waals surface area contributed by atoms with Crippen LogP contribution in [0.3, 0.4) is 0 Å². The molecule has 1 fully saturated rings. The molecule has 2 aromatic carbocycles. The number of hydrogen-bond donors (Lipinski definition) is 3. The number of rotatable bonds is 13. The second-order valence-electron chi connectivity index (χ2n) is 10.8. The van der Waals surface area contributed by atoms with E-state index in [0.717, 1.165) is 35.9 Å². The van der Waals surface area contributed by atoms with Gasteiger partial charge in [-0.25, -0.2) is 0 Å². The van der Waals surface area contributed by atoms with Crippen LogP contribution in [0, 0.1) is 12.8 Å². The van der Waals surface area contributed by atoms with E-state index >= 15 is 0 Å². The minimum Gasteiger partial charge on any atom is -0.353 e. The molecule has 230 valence electrons. The molecule has 0 saturated heterocycles. The minimum atomic E-state index is -4.51. The number of alkyl halides is 3. The van der Waals surface area contributed by atoms with Gasteiger partial charge >= 0.3 is 6.18 Å². The van der Waals surface area contributed by atoms with Crippen LogP contribution in [0.4, 0.5) is 18.9 Å². The Morgan fingerprint density at radius 2 is 1.84 bits per heavy atom. The smallest absolute Gasteiger partial charge is 0.353 e. The Labute approximate surface area is 253 Å². The van der Waals surface area contributed by atoms with Crippen LogP contribution in [0.25, 0.3) is 0 Å². The van der Waals surface area contributed by atoms with Crippen LogP contribution in [0.5, 0.6) is 0 Å². The molecule has 0 bridgehead atoms. The van der Waals surface area contributed by atoms with Crippen molar-refractivity contribution in [3.8, 4) is 0 Å². The van der Waals surface area contributed by atoms with Crippen molar-refractivity contribution in [3.63, 3.8) is 0 Å². The normalized spacial score (nSPS) is 14.5. The average Bonchev–Trinajstić information content (AvgIpc) is 3.82. The monoisotopic (exact) mass is 592 g/mol. The van der Waals surface area contributed by atoms with Gasteiger partial charge in [0, 0.05) is 24.8 Å². The number of ketones is 1. The number of aromatic nitrogens is 1. The number of benzene rings is 2. The van der Waals surface area contributed by atoms with Gasteiger partial charge in [-0.3, -0.25) is 9.78 Å². The highest BCUT2D eigenvalue weighted by molar-refractivity contribution is 5.98. The van der Waals surface area contributed by atoms with Crippen LogP contribution in [-0.4, -0.2) is 23.5 Å². The number of anilines is 1. The van der Waals surface area contributed by atoms with Gasteiger partial charge in [-0.15, -0.1) is 0 Å². The van der Waals surface area contributed by atoms with Crippen molar-refractivity contribution in [2.75, 3.05) is 11.9 Å². The first-order valence-corrected chi connectivity index (χ1v) is 14.9. The average molecular weight is 593 g/mol. The molecule has 0 spiro atoms. The number of halogens is 3. The maximum atomic E-state index is 13.1. The van der Waals surface area contributed by atoms with Crippen LogP contribution >= 0.6 is 0 Å². The van der Waals surface area contributed by atoms with E-state index in [2.05, 4.69) is 58.9 Å². The van der Waals surface area contributed by atoms with Gasteiger partial charge in [0.25, 0.3) is 0 Å². The molecule has 4 N–H and O–H groups in total. The summed E-state index contributed by atoms with van der Waals surface area (Å²) in [6.07, 6.45) is 3.01. The second-order valence-corrected chi connectivity index (χ2v) is 10.8. The van der Waals surface area contributed by atoms with Gasteiger partial charge in [0.15, 0.2) is 5.78 Å². The van der Waals surface area contributed by atoms with Gasteiger partial charge in [-0.2, -0.15) is 13.2 Å². The van der Waals surface area contributed by atoms with Crippen molar-refractivity contribution in [1.82, 2.24) is 10.3 Å². The Morgan fingerprint density at radius 3 is 2.44 bits per heavy atom. The van der Waals surface area contributed by atoms with Crippen LogP contribution in [0.1, 0.15) is 74.4 Å². The zero-order valence-electron chi connectivity index (χ0n) is 25.3. The van der Waals surface area contributed by atoms with E-state index in [9.17, 15) is 18.0 Å². The van der Waals surface area contributed by atoms with Crippen LogP contribution < -0.4 is 16.4 Å². The number of aryl methyl sites for hydroxylation is 1. The third-order valence-electron chi connectivity index (χ3n) is 6.94. The van der Waals surface area contributed by atoms with Gasteiger partial charge in [-0.1, -0.05) is 68.0 Å². The van der Waals surface area contributed by atoms with Crippen molar-refractivity contribution in [2.24, 2.45) is 11.7 Å². The molecule has 8 heteroatoms. The van der Waals surface area contributed by atoms with E-state index in [-0.39, 0.29) is 30.4 Å². The zero-order valence-corrected chi connectivity index (χ0v) is 25.3. The molecule has 1 aliphatic carbocycles. The molecule has 1 aliphatic rings. The first-order valence-electron chi connectivity index (χ1n) is 14.9. The number of nitrogens with zero attached hydrogens (tertiary/aromatic N) is 1. The molecule has 0 aliphatic heterocycles. The van der Waals surface area contributed by atoms with Crippen molar-refractivity contribution in [3.05, 3.63) is 119 Å². The number of nitrogens with two attached hydrogens (primary N) is 1. The van der Waals surface area contributed by atoms with E-state index < -0.39 is 11.7 Å². The standard InChI is InChI=1S/C18H23F3N2O.C17H20N2/c1-3-6-14(18(19,20)21)11-16(17(24)7-4-2)23-15-9-5-8-13(10-15)12-22;1-13-5-4-6-15(11-13)17(19-12-14-8-9-14)16-7-2-3-10-18-16/h5-6,8-11,23H,3-4,7,12,22H2,1-2H3;2-7,10-11,14,17,19H,8-9,12H2,1H3/b14-6-,16-11-;. The number of carbonyl (C=O) groups excluding carboxylic acids is 1. The van der Waals surface area contributed by atoms with Gasteiger partial charge in [0.05, 0.1) is 23.0 Å². The number of carbonyl (C=O) groups is 1. The SMILES string of the molecule is CC/C=C(/C=C(\Nc1cccc(CN)c1)C(=O)CCC)C(F)(F)F.Cc1cccc(C(NCC2CC2)c2ccccn2)c1. The summed E-state index contributed by atoms with van der Waals surface area (Å²) in [7, 11) is 0. The van der Waals surface area contributed by atoms with E-state index in [1.807, 2.05) is 12.3 Å². The third-order valence-corrected chi connectivity index (χ3v) is 6.94. The first kappa shape index (κ1) is 33.7. The molecule has 1 unspecified atom stereocenters. The molecule has 5 nitrogen and oxygen atoms in total. The summed E-state index contributed by atoms with van der Waals surface area (Å²) in [5, 5.41) is 6.49. The minimum absolute atomic E-state index is 0.0666. The molecule has 0 amide bonds. The Balaban J connectivity index is 0.000000241. The Morgan fingerprint density at radius 1 is 1.07 bits per heavy atom. The molecular formula is C35H43F3N4O. The molecule has 0 radical (unpaired) electrons. The topological polar surface area (TPSA) is 80.0 Å². The fourth-order valence-corrected chi connectivity index (χ4v) is 4.51. The predicted octanol–water partition coefficient (Wildman–Crippen LogP) is 8.19. The molecular weight excluding hydrogens is 549 g/mol. The summed E-state index contributed by atoms with van der Waals surface area (Å²) in [5.74, 6) is 0.512. The largest absolute Gasteiger partial charge is 0.416 e. The van der Waals surface area contributed by atoms with E-state index in [1.54, 1.807) is 38.1 Å². The van der Waals surface area contributed by atoms with Gasteiger partial charge in [-0.05, 0) is 86.5 Å². The molecule has 1 heterocycles. The summed E-state index contributed by atoms with van der Waals surface area (Å²) in [5.41, 5.74) is 9.74. The van der Waals surface area contributed by atoms with Crippen LogP contribution in [0.2, 0.25) is 0 Å². The molecule has 1 atom stereocenters. The number of allylic oxidation sites excluding steroid dienone is 4. The van der Waals surface area contributed by atoms with Crippen molar-refractivity contribution in [1.29, 1.82) is 0 Å². The van der Waals surface area contributed by atoms with Crippen LogP contribution in [-0.2, 0) is 11.3 Å². The Bertz CT molecular complexity index is 1360.